The van der Waals surface area contributed by atoms with Crippen LogP contribution in [0.2, 0.25) is 0 Å². The van der Waals surface area contributed by atoms with Crippen molar-refractivity contribution < 1.29 is 14.2 Å². The zero-order valence-corrected chi connectivity index (χ0v) is 14.8. The van der Waals surface area contributed by atoms with Gasteiger partial charge in [-0.2, -0.15) is 9.61 Å². The zero-order chi connectivity index (χ0) is 17.6. The first-order valence-electron chi connectivity index (χ1n) is 8.19. The second-order valence-electron chi connectivity index (χ2n) is 6.41. The van der Waals surface area contributed by atoms with Crippen molar-refractivity contribution in [2.45, 2.75) is 32.1 Å². The molecule has 1 N–H and O–H groups in total. The number of aromatic hydroxyl groups is 1. The molecule has 0 bridgehead atoms. The van der Waals surface area contributed by atoms with Crippen LogP contribution < -0.4 is 0 Å². The number of hydrogen-bond donors (Lipinski definition) is 1. The number of aromatic nitrogens is 3. The van der Waals surface area contributed by atoms with Crippen LogP contribution in [0.3, 0.4) is 0 Å². The fourth-order valence-corrected chi connectivity index (χ4v) is 4.60. The molecule has 1 aliphatic rings. The van der Waals surface area contributed by atoms with E-state index in [1.165, 1.54) is 34.3 Å². The van der Waals surface area contributed by atoms with Gasteiger partial charge in [0.15, 0.2) is 0 Å². The molecular formula is C17H19FN4O2S. The van der Waals surface area contributed by atoms with Gasteiger partial charge < -0.3 is 9.84 Å². The molecule has 1 fully saturated rings. The Morgan fingerprint density at radius 1 is 1.32 bits per heavy atom. The summed E-state index contributed by atoms with van der Waals surface area (Å²) >= 11 is 1.37. The molecule has 0 unspecified atom stereocenters. The van der Waals surface area contributed by atoms with Gasteiger partial charge in [0.25, 0.3) is 0 Å². The van der Waals surface area contributed by atoms with Crippen LogP contribution in [-0.4, -0.2) is 49.9 Å². The summed E-state index contributed by atoms with van der Waals surface area (Å²) in [4.78, 5) is 7.71. The summed E-state index contributed by atoms with van der Waals surface area (Å²) in [6.07, 6.45) is 1.53. The van der Waals surface area contributed by atoms with Crippen molar-refractivity contribution in [1.29, 1.82) is 0 Å². The molecule has 4 rings (SSSR count). The molecule has 3 heterocycles. The molecule has 8 heteroatoms. The van der Waals surface area contributed by atoms with Crippen molar-refractivity contribution in [2.75, 3.05) is 13.1 Å². The van der Waals surface area contributed by atoms with E-state index in [9.17, 15) is 9.50 Å². The maximum absolute atomic E-state index is 13.9. The Kier molecular flexibility index (Phi) is 4.18. The molecule has 1 aromatic carbocycles. The number of benzene rings is 1. The predicted molar refractivity (Wildman–Crippen MR) is 92.4 cm³/mol. The smallest absolute Gasteiger partial charge is 0.230 e. The second kappa shape index (κ2) is 6.36. The van der Waals surface area contributed by atoms with Crippen molar-refractivity contribution in [1.82, 2.24) is 19.5 Å². The molecule has 3 aromatic rings. The highest BCUT2D eigenvalue weighted by Gasteiger charge is 2.34. The number of nitrogens with zero attached hydrogens (tertiary/aromatic N) is 4. The van der Waals surface area contributed by atoms with Crippen LogP contribution in [0.15, 0.2) is 30.6 Å². The minimum Gasteiger partial charge on any atom is -0.492 e. The first-order valence-corrected chi connectivity index (χ1v) is 9.01. The van der Waals surface area contributed by atoms with E-state index in [1.54, 1.807) is 6.07 Å². The molecule has 0 spiro atoms. The summed E-state index contributed by atoms with van der Waals surface area (Å²) in [5, 5.41) is 14.7. The van der Waals surface area contributed by atoms with Crippen molar-refractivity contribution in [3.8, 4) is 5.88 Å². The molecule has 3 atom stereocenters. The third-order valence-electron chi connectivity index (χ3n) is 4.36. The lowest BCUT2D eigenvalue weighted by Gasteiger charge is -2.40. The van der Waals surface area contributed by atoms with E-state index in [0.29, 0.717) is 22.9 Å². The number of morpholine rings is 1. The highest BCUT2D eigenvalue weighted by atomic mass is 32.1. The minimum atomic E-state index is -0.296. The van der Waals surface area contributed by atoms with Gasteiger partial charge in [-0.05, 0) is 31.5 Å². The van der Waals surface area contributed by atoms with Crippen LogP contribution in [0.1, 0.15) is 30.3 Å². The monoisotopic (exact) mass is 362 g/mol. The van der Waals surface area contributed by atoms with Crippen LogP contribution >= 0.6 is 11.3 Å². The Morgan fingerprint density at radius 2 is 2.08 bits per heavy atom. The standard InChI is InChI=1S/C17H19FN4O2S/c1-10-7-21(8-11(2)24-10)14(12-4-3-5-13(18)6-12)15-16(23)22-17(25-15)19-9-20-22/h3-6,9-11,14,23H,7-8H2,1-2H3/t10-,11-,14-/m0/s1. The second-order valence-corrected chi connectivity index (χ2v) is 7.42. The van der Waals surface area contributed by atoms with Gasteiger partial charge in [-0.15, -0.1) is 0 Å². The third kappa shape index (κ3) is 3.01. The fourth-order valence-electron chi connectivity index (χ4n) is 3.51. The van der Waals surface area contributed by atoms with Crippen molar-refractivity contribution in [3.63, 3.8) is 0 Å². The summed E-state index contributed by atoms with van der Waals surface area (Å²) in [5.41, 5.74) is 0.793. The van der Waals surface area contributed by atoms with E-state index in [4.69, 9.17) is 4.74 Å². The molecule has 0 radical (unpaired) electrons. The molecule has 2 aromatic heterocycles. The summed E-state index contributed by atoms with van der Waals surface area (Å²) in [6, 6.07) is 6.24. The van der Waals surface area contributed by atoms with Gasteiger partial charge in [-0.3, -0.25) is 4.90 Å². The summed E-state index contributed by atoms with van der Waals surface area (Å²) in [7, 11) is 0. The number of halogens is 1. The van der Waals surface area contributed by atoms with Gasteiger partial charge in [0.1, 0.15) is 12.1 Å². The van der Waals surface area contributed by atoms with Gasteiger partial charge in [0, 0.05) is 13.1 Å². The van der Waals surface area contributed by atoms with E-state index in [2.05, 4.69) is 15.0 Å². The number of ether oxygens (including phenoxy) is 1. The first-order chi connectivity index (χ1) is 12.0. The Hall–Kier alpha value is -2.03. The molecule has 0 amide bonds. The molecule has 0 saturated carbocycles. The summed E-state index contributed by atoms with van der Waals surface area (Å²) in [5.74, 6) is -0.241. The molecule has 25 heavy (non-hydrogen) atoms. The lowest BCUT2D eigenvalue weighted by Crippen LogP contribution is -2.47. The Balaban J connectivity index is 1.83. The van der Waals surface area contributed by atoms with Gasteiger partial charge >= 0.3 is 0 Å². The summed E-state index contributed by atoms with van der Waals surface area (Å²) < 4.78 is 21.1. The average Bonchev–Trinajstić information content (AvgIpc) is 3.11. The normalized spacial score (nSPS) is 23.2. The van der Waals surface area contributed by atoms with Crippen molar-refractivity contribution in [3.05, 3.63) is 46.9 Å². The number of hydrogen-bond acceptors (Lipinski definition) is 6. The first kappa shape index (κ1) is 16.4. The third-order valence-corrected chi connectivity index (χ3v) is 5.45. The molecule has 6 nitrogen and oxygen atoms in total. The van der Waals surface area contributed by atoms with Crippen LogP contribution in [0.4, 0.5) is 4.39 Å². The highest BCUT2D eigenvalue weighted by Crippen LogP contribution is 2.40. The molecule has 0 aliphatic carbocycles. The maximum Gasteiger partial charge on any atom is 0.230 e. The Labute approximate surface area is 148 Å². The van der Waals surface area contributed by atoms with Crippen molar-refractivity contribution in [2.24, 2.45) is 0 Å². The highest BCUT2D eigenvalue weighted by molar-refractivity contribution is 7.17. The average molecular weight is 362 g/mol. The van der Waals surface area contributed by atoms with Gasteiger partial charge in [0.2, 0.25) is 10.8 Å². The zero-order valence-electron chi connectivity index (χ0n) is 14.0. The quantitative estimate of drug-likeness (QED) is 0.776. The van der Waals surface area contributed by atoms with E-state index >= 15 is 0 Å². The topological polar surface area (TPSA) is 62.9 Å². The van der Waals surface area contributed by atoms with E-state index in [0.717, 1.165) is 5.56 Å². The molecule has 132 valence electrons. The molecule has 1 aliphatic heterocycles. The predicted octanol–water partition coefficient (Wildman–Crippen LogP) is 2.83. The van der Waals surface area contributed by atoms with Crippen LogP contribution in [-0.2, 0) is 4.74 Å². The van der Waals surface area contributed by atoms with Crippen molar-refractivity contribution >= 4 is 16.3 Å². The summed E-state index contributed by atoms with van der Waals surface area (Å²) in [6.45, 7) is 5.43. The van der Waals surface area contributed by atoms with E-state index in [1.807, 2.05) is 19.9 Å². The van der Waals surface area contributed by atoms with Gasteiger partial charge in [-0.25, -0.2) is 9.37 Å². The maximum atomic E-state index is 13.9. The largest absolute Gasteiger partial charge is 0.492 e. The van der Waals surface area contributed by atoms with Crippen LogP contribution in [0, 0.1) is 5.82 Å². The molecular weight excluding hydrogens is 343 g/mol. The molecule has 1 saturated heterocycles. The Bertz CT molecular complexity index is 886. The van der Waals surface area contributed by atoms with E-state index in [-0.39, 0.29) is 29.9 Å². The van der Waals surface area contributed by atoms with E-state index < -0.39 is 0 Å². The lowest BCUT2D eigenvalue weighted by atomic mass is 10.0. The fraction of sp³-hybridized carbons (Fsp3) is 0.412. The Morgan fingerprint density at radius 3 is 2.76 bits per heavy atom. The van der Waals surface area contributed by atoms with Crippen LogP contribution in [0.25, 0.3) is 4.96 Å². The lowest BCUT2D eigenvalue weighted by molar-refractivity contribution is -0.0764. The van der Waals surface area contributed by atoms with Gasteiger partial charge in [0.05, 0.1) is 23.1 Å². The number of rotatable bonds is 3. The van der Waals surface area contributed by atoms with Crippen LogP contribution in [0.5, 0.6) is 5.88 Å². The minimum absolute atomic E-state index is 0.0542. The van der Waals surface area contributed by atoms with Gasteiger partial charge in [-0.1, -0.05) is 23.5 Å². The SMILES string of the molecule is C[C@H]1CN([C@@H](c2cccc(F)c2)c2sc3ncnn3c2O)C[C@H](C)O1. The number of thiazole rings is 1. The number of fused-ring (bicyclic) bond motifs is 1.